The van der Waals surface area contributed by atoms with Gasteiger partial charge in [-0.25, -0.2) is 17.2 Å². The molecule has 0 aromatic heterocycles. The number of nitrogens with one attached hydrogen (secondary N) is 1. The molecular weight excluding hydrogens is 314 g/mol. The Morgan fingerprint density at radius 2 is 1.73 bits per heavy atom. The summed E-state index contributed by atoms with van der Waals surface area (Å²) in [5.41, 5.74) is 5.80. The van der Waals surface area contributed by atoms with E-state index in [-0.39, 0.29) is 12.1 Å². The van der Waals surface area contributed by atoms with Gasteiger partial charge in [0, 0.05) is 5.69 Å². The number of anilines is 1. The summed E-state index contributed by atoms with van der Waals surface area (Å²) in [4.78, 5) is 9.99. The van der Waals surface area contributed by atoms with Gasteiger partial charge in [0.1, 0.15) is 16.5 Å². The Balaban J connectivity index is 2.25. The second-order valence-corrected chi connectivity index (χ2v) is 6.17. The van der Waals surface area contributed by atoms with Crippen molar-refractivity contribution in [3.63, 3.8) is 0 Å². The third-order valence-electron chi connectivity index (χ3n) is 2.77. The maximum Gasteiger partial charge on any atom is 0.264 e. The number of halogens is 2. The molecular formula is C14H12F2N2O3S. The fraction of sp³-hybridized carbons (Fsp3) is 0.0714. The lowest BCUT2D eigenvalue weighted by atomic mass is 10.1. The molecule has 1 amide bonds. The highest BCUT2D eigenvalue weighted by Gasteiger charge is 2.20. The van der Waals surface area contributed by atoms with Gasteiger partial charge in [-0.2, -0.15) is 0 Å². The highest BCUT2D eigenvalue weighted by Crippen LogP contribution is 2.20. The molecule has 2 aromatic carbocycles. The van der Waals surface area contributed by atoms with E-state index in [2.05, 4.69) is 4.72 Å². The fourth-order valence-electron chi connectivity index (χ4n) is 1.79. The quantitative estimate of drug-likeness (QED) is 0.878. The number of hydrogen-bond donors (Lipinski definition) is 2. The normalized spacial score (nSPS) is 11.2. The van der Waals surface area contributed by atoms with E-state index in [0.717, 1.165) is 12.1 Å². The number of hydrogen-bond acceptors (Lipinski definition) is 3. The summed E-state index contributed by atoms with van der Waals surface area (Å²) in [5, 5.41) is 0. The molecule has 0 aliphatic rings. The zero-order valence-corrected chi connectivity index (χ0v) is 12.0. The van der Waals surface area contributed by atoms with E-state index in [1.165, 1.54) is 24.3 Å². The van der Waals surface area contributed by atoms with Crippen LogP contribution in [0.5, 0.6) is 0 Å². The third kappa shape index (κ3) is 3.79. The van der Waals surface area contributed by atoms with Gasteiger partial charge in [-0.15, -0.1) is 0 Å². The van der Waals surface area contributed by atoms with Crippen molar-refractivity contribution in [2.24, 2.45) is 5.73 Å². The summed E-state index contributed by atoms with van der Waals surface area (Å²) in [6.45, 7) is 0. The lowest BCUT2D eigenvalue weighted by Gasteiger charge is -2.09. The van der Waals surface area contributed by atoms with Crippen molar-refractivity contribution in [3.8, 4) is 0 Å². The standard InChI is InChI=1S/C14H12F2N2O3S/c15-10-3-6-12(16)13(8-10)22(20,21)18-11-4-1-9(2-5-11)7-14(17)19/h1-6,8,18H,7H2,(H2,17,19). The van der Waals surface area contributed by atoms with Gasteiger partial charge in [-0.1, -0.05) is 12.1 Å². The maximum atomic E-state index is 13.5. The summed E-state index contributed by atoms with van der Waals surface area (Å²) >= 11 is 0. The van der Waals surface area contributed by atoms with Crippen molar-refractivity contribution in [3.05, 3.63) is 59.7 Å². The van der Waals surface area contributed by atoms with Gasteiger partial charge in [0.25, 0.3) is 10.0 Å². The second-order valence-electron chi connectivity index (χ2n) is 4.52. The van der Waals surface area contributed by atoms with Crippen LogP contribution in [0.3, 0.4) is 0 Å². The van der Waals surface area contributed by atoms with Crippen LogP contribution in [0.4, 0.5) is 14.5 Å². The van der Waals surface area contributed by atoms with Crippen LogP contribution >= 0.6 is 0 Å². The first-order valence-corrected chi connectivity index (χ1v) is 7.61. The van der Waals surface area contributed by atoms with Crippen LogP contribution in [0.2, 0.25) is 0 Å². The predicted molar refractivity (Wildman–Crippen MR) is 76.5 cm³/mol. The van der Waals surface area contributed by atoms with Crippen molar-refractivity contribution in [1.82, 2.24) is 0 Å². The minimum absolute atomic E-state index is 0.0194. The Morgan fingerprint density at radius 3 is 2.32 bits per heavy atom. The molecule has 0 bridgehead atoms. The van der Waals surface area contributed by atoms with Gasteiger partial charge in [0.15, 0.2) is 0 Å². The molecule has 0 radical (unpaired) electrons. The summed E-state index contributed by atoms with van der Waals surface area (Å²) in [6.07, 6.45) is 0.0194. The zero-order valence-electron chi connectivity index (χ0n) is 11.2. The molecule has 0 atom stereocenters. The smallest absolute Gasteiger partial charge is 0.264 e. The van der Waals surface area contributed by atoms with E-state index in [0.29, 0.717) is 11.6 Å². The summed E-state index contributed by atoms with van der Waals surface area (Å²) in [5.74, 6) is -2.44. The molecule has 116 valence electrons. The average Bonchev–Trinajstić information content (AvgIpc) is 2.43. The fourth-order valence-corrected chi connectivity index (χ4v) is 2.93. The average molecular weight is 326 g/mol. The van der Waals surface area contributed by atoms with Crippen molar-refractivity contribution < 1.29 is 22.0 Å². The van der Waals surface area contributed by atoms with Gasteiger partial charge >= 0.3 is 0 Å². The Morgan fingerprint density at radius 1 is 1.09 bits per heavy atom. The molecule has 0 saturated carbocycles. The molecule has 0 heterocycles. The van der Waals surface area contributed by atoms with Crippen LogP contribution in [-0.4, -0.2) is 14.3 Å². The SMILES string of the molecule is NC(=O)Cc1ccc(NS(=O)(=O)c2cc(F)ccc2F)cc1. The monoisotopic (exact) mass is 326 g/mol. The van der Waals surface area contributed by atoms with E-state index in [9.17, 15) is 22.0 Å². The molecule has 5 nitrogen and oxygen atoms in total. The molecule has 0 saturated heterocycles. The number of carbonyl (C=O) groups is 1. The number of nitrogens with two attached hydrogens (primary N) is 1. The van der Waals surface area contributed by atoms with Gasteiger partial charge in [-0.3, -0.25) is 9.52 Å². The molecule has 8 heteroatoms. The Labute approximate surface area is 125 Å². The molecule has 3 N–H and O–H groups in total. The molecule has 0 aliphatic heterocycles. The van der Waals surface area contributed by atoms with Crippen LogP contribution in [0.1, 0.15) is 5.56 Å². The minimum atomic E-state index is -4.26. The van der Waals surface area contributed by atoms with Crippen LogP contribution in [0.15, 0.2) is 47.4 Å². The number of amides is 1. The topological polar surface area (TPSA) is 89.3 Å². The lowest BCUT2D eigenvalue weighted by molar-refractivity contribution is -0.117. The van der Waals surface area contributed by atoms with E-state index in [1.54, 1.807) is 0 Å². The van der Waals surface area contributed by atoms with E-state index in [1.807, 2.05) is 0 Å². The van der Waals surface area contributed by atoms with Crippen LogP contribution < -0.4 is 10.5 Å². The first-order chi connectivity index (χ1) is 10.3. The molecule has 2 aromatic rings. The highest BCUT2D eigenvalue weighted by atomic mass is 32.2. The minimum Gasteiger partial charge on any atom is -0.369 e. The van der Waals surface area contributed by atoms with Gasteiger partial charge in [-0.05, 0) is 35.9 Å². The lowest BCUT2D eigenvalue weighted by Crippen LogP contribution is -2.15. The number of rotatable bonds is 5. The Kier molecular flexibility index (Phi) is 4.41. The van der Waals surface area contributed by atoms with Crippen molar-refractivity contribution in [2.45, 2.75) is 11.3 Å². The van der Waals surface area contributed by atoms with E-state index >= 15 is 0 Å². The number of carbonyl (C=O) groups excluding carboxylic acids is 1. The first-order valence-electron chi connectivity index (χ1n) is 6.13. The van der Waals surface area contributed by atoms with Crippen molar-refractivity contribution in [1.29, 1.82) is 0 Å². The molecule has 0 unspecified atom stereocenters. The predicted octanol–water partition coefficient (Wildman–Crippen LogP) is 1.79. The summed E-state index contributed by atoms with van der Waals surface area (Å²) in [6, 6.07) is 7.96. The Bertz CT molecular complexity index is 805. The molecule has 0 fully saturated rings. The molecule has 22 heavy (non-hydrogen) atoms. The summed E-state index contributed by atoms with van der Waals surface area (Å²) in [7, 11) is -4.26. The third-order valence-corrected chi connectivity index (χ3v) is 4.16. The van der Waals surface area contributed by atoms with Crippen LogP contribution in [0, 0.1) is 11.6 Å². The number of sulfonamides is 1. The molecule has 0 aliphatic carbocycles. The molecule has 2 rings (SSSR count). The van der Waals surface area contributed by atoms with E-state index in [4.69, 9.17) is 5.73 Å². The van der Waals surface area contributed by atoms with Crippen molar-refractivity contribution >= 4 is 21.6 Å². The van der Waals surface area contributed by atoms with Gasteiger partial charge in [0.2, 0.25) is 5.91 Å². The van der Waals surface area contributed by atoms with Gasteiger partial charge in [0.05, 0.1) is 6.42 Å². The summed E-state index contributed by atoms with van der Waals surface area (Å²) < 4.78 is 52.8. The highest BCUT2D eigenvalue weighted by molar-refractivity contribution is 7.92. The number of primary amides is 1. The zero-order chi connectivity index (χ0) is 16.3. The number of benzene rings is 2. The van der Waals surface area contributed by atoms with Crippen LogP contribution in [-0.2, 0) is 21.2 Å². The van der Waals surface area contributed by atoms with Crippen molar-refractivity contribution in [2.75, 3.05) is 4.72 Å². The second kappa shape index (κ2) is 6.10. The van der Waals surface area contributed by atoms with E-state index < -0.39 is 32.5 Å². The Hall–Kier alpha value is -2.48. The largest absolute Gasteiger partial charge is 0.369 e. The first kappa shape index (κ1) is 15.9. The van der Waals surface area contributed by atoms with Gasteiger partial charge < -0.3 is 5.73 Å². The molecule has 0 spiro atoms. The maximum absolute atomic E-state index is 13.5. The van der Waals surface area contributed by atoms with Crippen LogP contribution in [0.25, 0.3) is 0 Å².